The lowest BCUT2D eigenvalue weighted by atomic mass is 10.1. The summed E-state index contributed by atoms with van der Waals surface area (Å²) < 4.78 is 26.6. The lowest BCUT2D eigenvalue weighted by Crippen LogP contribution is -2.16. The van der Waals surface area contributed by atoms with Crippen LogP contribution in [-0.4, -0.2) is 19.2 Å². The Balaban J connectivity index is 1.77. The highest BCUT2D eigenvalue weighted by Crippen LogP contribution is 2.31. The maximum Gasteiger partial charge on any atom is 0.232 e. The zero-order valence-corrected chi connectivity index (χ0v) is 16.5. The molecule has 1 aromatic heterocycles. The van der Waals surface area contributed by atoms with Gasteiger partial charge in [-0.1, -0.05) is 49.7 Å². The molecule has 0 aliphatic rings. The monoisotopic (exact) mass is 386 g/mol. The molecule has 0 aliphatic heterocycles. The highest BCUT2D eigenvalue weighted by atomic mass is 32.2. The van der Waals surface area contributed by atoms with Crippen molar-refractivity contribution >= 4 is 27.0 Å². The fraction of sp³-hybridized carbons (Fsp3) is 0.250. The van der Waals surface area contributed by atoms with E-state index in [1.54, 1.807) is 23.5 Å². The Labute approximate surface area is 159 Å². The zero-order valence-electron chi connectivity index (χ0n) is 14.9. The maximum atomic E-state index is 12.0. The van der Waals surface area contributed by atoms with Crippen molar-refractivity contribution in [2.24, 2.45) is 0 Å². The average Bonchev–Trinajstić information content (AvgIpc) is 3.10. The number of rotatable bonds is 7. The molecule has 3 rings (SSSR count). The van der Waals surface area contributed by atoms with Crippen LogP contribution in [0, 0.1) is 6.92 Å². The first-order chi connectivity index (χ1) is 12.5. The van der Waals surface area contributed by atoms with Crippen LogP contribution in [0.4, 0.5) is 5.69 Å². The van der Waals surface area contributed by atoms with Crippen LogP contribution in [0.2, 0.25) is 0 Å². The normalized spacial score (nSPS) is 11.5. The third-order valence-electron chi connectivity index (χ3n) is 4.10. The van der Waals surface area contributed by atoms with Gasteiger partial charge in [-0.15, -0.1) is 11.3 Å². The summed E-state index contributed by atoms with van der Waals surface area (Å²) in [6.07, 6.45) is 1.51. The number of anilines is 1. The van der Waals surface area contributed by atoms with Gasteiger partial charge in [-0.3, -0.25) is 4.72 Å². The van der Waals surface area contributed by atoms with Gasteiger partial charge < -0.3 is 0 Å². The molecule has 2 aromatic carbocycles. The summed E-state index contributed by atoms with van der Waals surface area (Å²) in [5.41, 5.74) is 4.79. The Bertz CT molecular complexity index is 977. The summed E-state index contributed by atoms with van der Waals surface area (Å²) in [5.74, 6) is 0.150. The molecule has 3 aromatic rings. The Morgan fingerprint density at radius 3 is 2.50 bits per heavy atom. The summed E-state index contributed by atoms with van der Waals surface area (Å²) >= 11 is 1.61. The predicted octanol–water partition coefficient (Wildman–Crippen LogP) is 5.33. The van der Waals surface area contributed by atoms with Crippen LogP contribution in [0.5, 0.6) is 0 Å². The second-order valence-corrected chi connectivity index (χ2v) is 8.90. The molecule has 136 valence electrons. The molecule has 0 radical (unpaired) electrons. The molecule has 1 N–H and O–H groups in total. The lowest BCUT2D eigenvalue weighted by molar-refractivity contribution is 0.598. The van der Waals surface area contributed by atoms with Crippen molar-refractivity contribution in [3.63, 3.8) is 0 Å². The smallest absolute Gasteiger partial charge is 0.232 e. The standard InChI is InChI=1S/C20H22N2O2S2/c1-3-4-13-26(23,24)22-17-11-9-16(10-12-17)19-14-25-20(21-19)18-8-6-5-7-15(18)2/h5-12,14,22H,3-4,13H2,1-2H3. The largest absolute Gasteiger partial charge is 0.284 e. The van der Waals surface area contributed by atoms with Crippen molar-refractivity contribution in [2.45, 2.75) is 26.7 Å². The molecule has 6 heteroatoms. The summed E-state index contributed by atoms with van der Waals surface area (Å²) in [6.45, 7) is 4.05. The van der Waals surface area contributed by atoms with Gasteiger partial charge in [0.25, 0.3) is 0 Å². The molecule has 0 spiro atoms. The van der Waals surface area contributed by atoms with Crippen molar-refractivity contribution < 1.29 is 8.42 Å². The lowest BCUT2D eigenvalue weighted by Gasteiger charge is -2.08. The number of aryl methyl sites for hydroxylation is 1. The maximum absolute atomic E-state index is 12.0. The molecule has 0 saturated carbocycles. The second kappa shape index (κ2) is 8.01. The fourth-order valence-corrected chi connectivity index (χ4v) is 4.80. The molecule has 0 saturated heterocycles. The topological polar surface area (TPSA) is 59.1 Å². The van der Waals surface area contributed by atoms with Gasteiger partial charge in [0.2, 0.25) is 10.0 Å². The number of hydrogen-bond acceptors (Lipinski definition) is 4. The van der Waals surface area contributed by atoms with Crippen molar-refractivity contribution in [1.82, 2.24) is 4.98 Å². The van der Waals surface area contributed by atoms with E-state index < -0.39 is 10.0 Å². The molecule has 0 aliphatic carbocycles. The number of aromatic nitrogens is 1. The van der Waals surface area contributed by atoms with Gasteiger partial charge in [0.1, 0.15) is 5.01 Å². The molecular formula is C20H22N2O2S2. The summed E-state index contributed by atoms with van der Waals surface area (Å²) in [6, 6.07) is 15.6. The highest BCUT2D eigenvalue weighted by Gasteiger charge is 2.11. The molecule has 0 fully saturated rings. The van der Waals surface area contributed by atoms with Crippen molar-refractivity contribution in [3.8, 4) is 21.8 Å². The van der Waals surface area contributed by atoms with E-state index in [1.165, 1.54) is 5.56 Å². The minimum atomic E-state index is -3.27. The van der Waals surface area contributed by atoms with Crippen molar-refractivity contribution in [2.75, 3.05) is 10.5 Å². The van der Waals surface area contributed by atoms with Gasteiger partial charge in [-0.05, 0) is 31.0 Å². The molecule has 0 amide bonds. The van der Waals surface area contributed by atoms with Crippen LogP contribution in [0.1, 0.15) is 25.3 Å². The van der Waals surface area contributed by atoms with E-state index in [-0.39, 0.29) is 5.75 Å². The van der Waals surface area contributed by atoms with Crippen LogP contribution in [-0.2, 0) is 10.0 Å². The first-order valence-corrected chi connectivity index (χ1v) is 11.1. The molecule has 26 heavy (non-hydrogen) atoms. The number of unbranched alkanes of at least 4 members (excludes halogenated alkanes) is 1. The number of benzene rings is 2. The number of thiazole rings is 1. The van der Waals surface area contributed by atoms with Crippen LogP contribution in [0.15, 0.2) is 53.9 Å². The second-order valence-electron chi connectivity index (χ2n) is 6.20. The Morgan fingerprint density at radius 2 is 1.81 bits per heavy atom. The fourth-order valence-electron chi connectivity index (χ4n) is 2.62. The SMILES string of the molecule is CCCCS(=O)(=O)Nc1ccc(-c2csc(-c3ccccc3C)n2)cc1. The summed E-state index contributed by atoms with van der Waals surface area (Å²) in [7, 11) is -3.27. The van der Waals surface area contributed by atoms with Crippen LogP contribution < -0.4 is 4.72 Å². The van der Waals surface area contributed by atoms with Crippen LogP contribution in [0.25, 0.3) is 21.8 Å². The van der Waals surface area contributed by atoms with Gasteiger partial charge in [-0.25, -0.2) is 13.4 Å². The van der Waals surface area contributed by atoms with E-state index in [0.29, 0.717) is 12.1 Å². The van der Waals surface area contributed by atoms with Crippen LogP contribution in [0.3, 0.4) is 0 Å². The van der Waals surface area contributed by atoms with Gasteiger partial charge in [0.15, 0.2) is 0 Å². The highest BCUT2D eigenvalue weighted by molar-refractivity contribution is 7.92. The minimum absolute atomic E-state index is 0.150. The Kier molecular flexibility index (Phi) is 5.74. The molecule has 4 nitrogen and oxygen atoms in total. The number of nitrogens with one attached hydrogen (secondary N) is 1. The summed E-state index contributed by atoms with van der Waals surface area (Å²) in [4.78, 5) is 4.74. The minimum Gasteiger partial charge on any atom is -0.284 e. The van der Waals surface area contributed by atoms with Crippen molar-refractivity contribution in [1.29, 1.82) is 0 Å². The van der Waals surface area contributed by atoms with E-state index in [4.69, 9.17) is 4.98 Å². The Hall–Kier alpha value is -2.18. The van der Waals surface area contributed by atoms with Crippen LogP contribution >= 0.6 is 11.3 Å². The quantitative estimate of drug-likeness (QED) is 0.597. The van der Waals surface area contributed by atoms with E-state index in [0.717, 1.165) is 28.2 Å². The van der Waals surface area contributed by atoms with E-state index in [9.17, 15) is 8.42 Å². The van der Waals surface area contributed by atoms with Gasteiger partial charge in [0, 0.05) is 22.2 Å². The first kappa shape index (κ1) is 18.6. The van der Waals surface area contributed by atoms with E-state index in [2.05, 4.69) is 23.8 Å². The molecule has 1 heterocycles. The molecular weight excluding hydrogens is 364 g/mol. The first-order valence-electron chi connectivity index (χ1n) is 8.61. The zero-order chi connectivity index (χ0) is 18.6. The van der Waals surface area contributed by atoms with Crippen molar-refractivity contribution in [3.05, 3.63) is 59.5 Å². The average molecular weight is 387 g/mol. The molecule has 0 bridgehead atoms. The summed E-state index contributed by atoms with van der Waals surface area (Å²) in [5, 5.41) is 3.02. The van der Waals surface area contributed by atoms with Gasteiger partial charge in [0.05, 0.1) is 11.4 Å². The van der Waals surface area contributed by atoms with Gasteiger partial charge in [-0.2, -0.15) is 0 Å². The van der Waals surface area contributed by atoms with Gasteiger partial charge >= 0.3 is 0 Å². The van der Waals surface area contributed by atoms with E-state index >= 15 is 0 Å². The Morgan fingerprint density at radius 1 is 1.08 bits per heavy atom. The van der Waals surface area contributed by atoms with E-state index in [1.807, 2.05) is 36.6 Å². The molecule has 0 unspecified atom stereocenters. The molecule has 0 atom stereocenters. The predicted molar refractivity (Wildman–Crippen MR) is 110 cm³/mol. The third-order valence-corrected chi connectivity index (χ3v) is 6.35. The number of sulfonamides is 1. The number of hydrogen-bond donors (Lipinski definition) is 1. The third kappa shape index (κ3) is 4.51. The number of nitrogens with zero attached hydrogens (tertiary/aromatic N) is 1.